The number of hydrogen-bond donors (Lipinski definition) is 2. The van der Waals surface area contributed by atoms with Gasteiger partial charge in [-0.1, -0.05) is 0 Å². The van der Waals surface area contributed by atoms with Gasteiger partial charge in [0.05, 0.1) is 5.56 Å². The normalized spacial score (nSPS) is 14.1. The lowest BCUT2D eigenvalue weighted by molar-refractivity contribution is 0.102. The standard InChI is InChI=1S/C20H20BFN6O/c1-27-11-13-8-14(9-17(22)19(13)26-27)25-20(29)16-10-15(2-3-18(16)24)28-6-4-21(12-23)5-7-28/h2-3,8-11H,4-7,24H2,1H3,(H,25,29). The SMILES string of the molecule is Cn1cc2cc(NC(=O)c3cc(N4CCB(C#N)CC4)ccc3N)cc(F)c2n1. The van der Waals surface area contributed by atoms with Crippen LogP contribution in [-0.4, -0.2) is 35.5 Å². The number of carbonyl (C=O) groups is 1. The van der Waals surface area contributed by atoms with Crippen molar-refractivity contribution in [2.24, 2.45) is 7.05 Å². The van der Waals surface area contributed by atoms with E-state index in [-0.39, 0.29) is 12.2 Å². The molecule has 0 radical (unpaired) electrons. The van der Waals surface area contributed by atoms with Crippen molar-refractivity contribution in [1.29, 1.82) is 5.26 Å². The maximum absolute atomic E-state index is 14.3. The van der Waals surface area contributed by atoms with E-state index in [0.717, 1.165) is 31.4 Å². The summed E-state index contributed by atoms with van der Waals surface area (Å²) in [6.07, 6.45) is 3.29. The Labute approximate surface area is 168 Å². The lowest BCUT2D eigenvalue weighted by atomic mass is 9.45. The number of aryl methyl sites for hydroxylation is 1. The van der Waals surface area contributed by atoms with Crippen LogP contribution in [0.3, 0.4) is 0 Å². The number of anilines is 3. The molecule has 1 amide bonds. The van der Waals surface area contributed by atoms with Gasteiger partial charge in [-0.2, -0.15) is 5.10 Å². The molecule has 7 nitrogen and oxygen atoms in total. The fourth-order valence-corrected chi connectivity index (χ4v) is 3.69. The molecule has 4 rings (SSSR count). The van der Waals surface area contributed by atoms with E-state index in [9.17, 15) is 9.18 Å². The number of hydrogen-bond acceptors (Lipinski definition) is 5. The van der Waals surface area contributed by atoms with Crippen molar-refractivity contribution in [2.75, 3.05) is 29.0 Å². The average Bonchev–Trinajstić information content (AvgIpc) is 3.09. The molecule has 0 atom stereocenters. The summed E-state index contributed by atoms with van der Waals surface area (Å²) >= 11 is 0. The van der Waals surface area contributed by atoms with E-state index in [1.54, 1.807) is 31.4 Å². The molecular weight excluding hydrogens is 370 g/mol. The van der Waals surface area contributed by atoms with Gasteiger partial charge in [0, 0.05) is 54.8 Å². The number of nitrogen functional groups attached to an aromatic ring is 1. The zero-order valence-corrected chi connectivity index (χ0v) is 16.0. The first-order valence-electron chi connectivity index (χ1n) is 9.43. The van der Waals surface area contributed by atoms with E-state index in [4.69, 9.17) is 11.0 Å². The minimum absolute atomic E-state index is 0.0834. The lowest BCUT2D eigenvalue weighted by Crippen LogP contribution is -2.36. The quantitative estimate of drug-likeness (QED) is 0.529. The highest BCUT2D eigenvalue weighted by molar-refractivity contribution is 6.67. The van der Waals surface area contributed by atoms with Crippen LogP contribution in [0.4, 0.5) is 21.5 Å². The molecule has 3 aromatic rings. The number of benzene rings is 2. The first kappa shape index (κ1) is 18.8. The van der Waals surface area contributed by atoms with Crippen LogP contribution in [0.15, 0.2) is 36.5 Å². The smallest absolute Gasteiger partial charge is 0.271 e. The second-order valence-corrected chi connectivity index (χ2v) is 7.31. The molecule has 3 N–H and O–H groups in total. The van der Waals surface area contributed by atoms with E-state index in [1.807, 2.05) is 6.07 Å². The van der Waals surface area contributed by atoms with Gasteiger partial charge in [-0.3, -0.25) is 9.48 Å². The summed E-state index contributed by atoms with van der Waals surface area (Å²) in [7, 11) is 1.71. The van der Waals surface area contributed by atoms with Crippen molar-refractivity contribution in [3.63, 3.8) is 0 Å². The number of nitrogens with two attached hydrogens (primary N) is 1. The minimum Gasteiger partial charge on any atom is -0.398 e. The Morgan fingerprint density at radius 2 is 2.07 bits per heavy atom. The molecule has 146 valence electrons. The van der Waals surface area contributed by atoms with Crippen LogP contribution in [-0.2, 0) is 7.05 Å². The van der Waals surface area contributed by atoms with Gasteiger partial charge in [0.1, 0.15) is 5.52 Å². The summed E-state index contributed by atoms with van der Waals surface area (Å²) in [5.41, 5.74) is 8.19. The Morgan fingerprint density at radius 1 is 1.31 bits per heavy atom. The van der Waals surface area contributed by atoms with Crippen LogP contribution >= 0.6 is 0 Å². The molecule has 1 aliphatic rings. The van der Waals surface area contributed by atoms with E-state index in [0.29, 0.717) is 22.3 Å². The van der Waals surface area contributed by atoms with E-state index in [2.05, 4.69) is 21.3 Å². The Hall–Kier alpha value is -3.54. The number of carbonyl (C=O) groups excluding carboxylic acids is 1. The molecule has 1 aliphatic heterocycles. The molecule has 2 heterocycles. The maximum atomic E-state index is 14.3. The van der Waals surface area contributed by atoms with Crippen LogP contribution in [0.2, 0.25) is 12.6 Å². The lowest BCUT2D eigenvalue weighted by Gasteiger charge is -2.30. The molecule has 0 saturated carbocycles. The Morgan fingerprint density at radius 3 is 2.79 bits per heavy atom. The summed E-state index contributed by atoms with van der Waals surface area (Å²) in [4.78, 5) is 15.0. The number of halogens is 1. The van der Waals surface area contributed by atoms with Gasteiger partial charge in [-0.05, 0) is 43.0 Å². The van der Waals surface area contributed by atoms with Crippen molar-refractivity contribution in [3.8, 4) is 5.97 Å². The molecule has 9 heteroatoms. The Bertz CT molecular complexity index is 1130. The van der Waals surface area contributed by atoms with Crippen molar-refractivity contribution in [3.05, 3.63) is 47.9 Å². The molecule has 0 spiro atoms. The van der Waals surface area contributed by atoms with Crippen LogP contribution in [0.5, 0.6) is 0 Å². The van der Waals surface area contributed by atoms with Crippen molar-refractivity contribution in [1.82, 2.24) is 9.78 Å². The third-order valence-electron chi connectivity index (χ3n) is 5.26. The average molecular weight is 390 g/mol. The fraction of sp³-hybridized carbons (Fsp3) is 0.250. The summed E-state index contributed by atoms with van der Waals surface area (Å²) in [5, 5.41) is 16.5. The van der Waals surface area contributed by atoms with Gasteiger partial charge in [-0.15, -0.1) is 0 Å². The van der Waals surface area contributed by atoms with Crippen LogP contribution in [0, 0.1) is 17.0 Å². The number of amides is 1. The molecular formula is C20H20BFN6O. The number of fused-ring (bicyclic) bond motifs is 1. The summed E-state index contributed by atoms with van der Waals surface area (Å²) < 4.78 is 15.8. The largest absolute Gasteiger partial charge is 0.398 e. The highest BCUT2D eigenvalue weighted by Gasteiger charge is 2.23. The maximum Gasteiger partial charge on any atom is 0.271 e. The van der Waals surface area contributed by atoms with Crippen molar-refractivity contribution >= 4 is 40.6 Å². The van der Waals surface area contributed by atoms with Gasteiger partial charge >= 0.3 is 0 Å². The van der Waals surface area contributed by atoms with Crippen molar-refractivity contribution < 1.29 is 9.18 Å². The van der Waals surface area contributed by atoms with Gasteiger partial charge in [0.2, 0.25) is 0 Å². The van der Waals surface area contributed by atoms with Gasteiger partial charge < -0.3 is 16.0 Å². The van der Waals surface area contributed by atoms with Gasteiger partial charge in [-0.25, -0.2) is 9.65 Å². The van der Waals surface area contributed by atoms with E-state index >= 15 is 0 Å². The first-order chi connectivity index (χ1) is 13.9. The molecule has 1 saturated heterocycles. The zero-order chi connectivity index (χ0) is 20.5. The molecule has 1 fully saturated rings. The minimum atomic E-state index is -0.500. The summed E-state index contributed by atoms with van der Waals surface area (Å²) in [6.45, 7) is 1.60. The summed E-state index contributed by atoms with van der Waals surface area (Å²) in [6, 6.07) is 8.25. The van der Waals surface area contributed by atoms with Crippen LogP contribution < -0.4 is 16.0 Å². The van der Waals surface area contributed by atoms with Crippen LogP contribution in [0.25, 0.3) is 10.9 Å². The molecule has 29 heavy (non-hydrogen) atoms. The number of rotatable bonds is 3. The van der Waals surface area contributed by atoms with Crippen LogP contribution in [0.1, 0.15) is 10.4 Å². The molecule has 0 unspecified atom stereocenters. The highest BCUT2D eigenvalue weighted by Crippen LogP contribution is 2.27. The number of nitriles is 1. The molecule has 0 aliphatic carbocycles. The Kier molecular flexibility index (Phi) is 4.85. The number of nitrogens with one attached hydrogen (secondary N) is 1. The first-order valence-corrected chi connectivity index (χ1v) is 9.43. The topological polar surface area (TPSA) is 100.0 Å². The summed E-state index contributed by atoms with van der Waals surface area (Å²) in [5.74, 6) is 1.41. The zero-order valence-electron chi connectivity index (χ0n) is 16.0. The Balaban J connectivity index is 1.56. The molecule has 0 bridgehead atoms. The highest BCUT2D eigenvalue weighted by atomic mass is 19.1. The third kappa shape index (κ3) is 3.74. The number of nitrogens with zero attached hydrogens (tertiary/aromatic N) is 4. The predicted molar refractivity (Wildman–Crippen MR) is 113 cm³/mol. The number of aromatic nitrogens is 2. The van der Waals surface area contributed by atoms with E-state index < -0.39 is 11.7 Å². The van der Waals surface area contributed by atoms with Crippen molar-refractivity contribution in [2.45, 2.75) is 12.6 Å². The van der Waals surface area contributed by atoms with E-state index in [1.165, 1.54) is 10.7 Å². The monoisotopic (exact) mass is 390 g/mol. The van der Waals surface area contributed by atoms with Gasteiger partial charge in [0.15, 0.2) is 5.82 Å². The fourth-order valence-electron chi connectivity index (χ4n) is 3.69. The molecule has 2 aromatic carbocycles. The third-order valence-corrected chi connectivity index (χ3v) is 5.26. The second kappa shape index (κ2) is 7.47. The molecule has 1 aromatic heterocycles. The predicted octanol–water partition coefficient (Wildman–Crippen LogP) is 2.92. The second-order valence-electron chi connectivity index (χ2n) is 7.31. The van der Waals surface area contributed by atoms with Gasteiger partial charge in [0.25, 0.3) is 12.6 Å².